The largest absolute Gasteiger partial charge is 0.367 e. The van der Waals surface area contributed by atoms with E-state index >= 15 is 0 Å². The molecule has 0 aliphatic heterocycles. The van der Waals surface area contributed by atoms with Crippen molar-refractivity contribution in [3.63, 3.8) is 0 Å². The number of halogens is 2. The lowest BCUT2D eigenvalue weighted by atomic mass is 10.1. The first-order valence-electron chi connectivity index (χ1n) is 6.80. The van der Waals surface area contributed by atoms with Crippen LogP contribution in [0.4, 0.5) is 10.2 Å². The smallest absolute Gasteiger partial charge is 0.251 e. The molecule has 0 saturated heterocycles. The molecule has 0 radical (unpaired) electrons. The van der Waals surface area contributed by atoms with Gasteiger partial charge in [0.1, 0.15) is 0 Å². The van der Waals surface area contributed by atoms with Crippen LogP contribution in [-0.2, 0) is 0 Å². The minimum absolute atomic E-state index is 0.0309. The summed E-state index contributed by atoms with van der Waals surface area (Å²) in [6.45, 7) is 0.824. The molecule has 0 aliphatic rings. The summed E-state index contributed by atoms with van der Waals surface area (Å²) in [6, 6.07) is 8.32. The third kappa shape index (κ3) is 4.90. The number of amides is 1. The van der Waals surface area contributed by atoms with Crippen LogP contribution in [0.3, 0.4) is 0 Å². The fourth-order valence-electron chi connectivity index (χ4n) is 1.76. The van der Waals surface area contributed by atoms with Gasteiger partial charge in [0.15, 0.2) is 11.6 Å². The van der Waals surface area contributed by atoms with E-state index in [9.17, 15) is 9.18 Å². The molecule has 0 bridgehead atoms. The van der Waals surface area contributed by atoms with Gasteiger partial charge in [-0.3, -0.25) is 4.79 Å². The van der Waals surface area contributed by atoms with Gasteiger partial charge < -0.3 is 10.6 Å². The van der Waals surface area contributed by atoms with E-state index in [0.717, 1.165) is 6.20 Å². The molecule has 1 aromatic carbocycles. The van der Waals surface area contributed by atoms with Gasteiger partial charge in [0.05, 0.1) is 17.8 Å². The average molecular weight is 334 g/mol. The van der Waals surface area contributed by atoms with Crippen molar-refractivity contribution in [1.29, 1.82) is 5.26 Å². The second-order valence-corrected chi connectivity index (χ2v) is 4.90. The molecule has 2 aromatic rings. The van der Waals surface area contributed by atoms with Crippen molar-refractivity contribution in [2.75, 3.05) is 18.4 Å². The Labute approximate surface area is 137 Å². The second-order valence-electron chi connectivity index (χ2n) is 4.56. The highest BCUT2D eigenvalue weighted by atomic mass is 35.5. The van der Waals surface area contributed by atoms with Crippen LogP contribution in [0.5, 0.6) is 0 Å². The quantitative estimate of drug-likeness (QED) is 0.625. The number of carbonyl (C=O) groups is 1. The molecule has 1 amide bonds. The van der Waals surface area contributed by atoms with E-state index in [4.69, 9.17) is 16.9 Å². The summed E-state index contributed by atoms with van der Waals surface area (Å²) in [7, 11) is 0. The number of nitrogens with zero attached hydrogens (tertiary/aromatic N) is 3. The van der Waals surface area contributed by atoms with Crippen molar-refractivity contribution in [3.8, 4) is 6.07 Å². The number of nitrogens with one attached hydrogen (secondary N) is 2. The number of hydrogen-bond acceptors (Lipinski definition) is 5. The van der Waals surface area contributed by atoms with Crippen molar-refractivity contribution < 1.29 is 9.18 Å². The highest BCUT2D eigenvalue weighted by Crippen LogP contribution is 2.11. The molecule has 0 unspecified atom stereocenters. The van der Waals surface area contributed by atoms with E-state index in [2.05, 4.69) is 20.6 Å². The highest BCUT2D eigenvalue weighted by Gasteiger charge is 2.06. The van der Waals surface area contributed by atoms with Gasteiger partial charge in [-0.1, -0.05) is 0 Å². The zero-order chi connectivity index (χ0) is 16.7. The minimum Gasteiger partial charge on any atom is -0.367 e. The fraction of sp³-hybridized carbons (Fsp3) is 0.200. The Morgan fingerprint density at radius 1 is 1.30 bits per heavy atom. The first-order chi connectivity index (χ1) is 11.1. The minimum atomic E-state index is -0.587. The number of benzene rings is 1. The molecular formula is C15H13ClFN5O. The average Bonchev–Trinajstić information content (AvgIpc) is 2.57. The van der Waals surface area contributed by atoms with Crippen LogP contribution in [0.2, 0.25) is 5.28 Å². The normalized spacial score (nSPS) is 9.96. The van der Waals surface area contributed by atoms with Crippen molar-refractivity contribution >= 4 is 23.3 Å². The Balaban J connectivity index is 1.73. The van der Waals surface area contributed by atoms with E-state index in [0.29, 0.717) is 30.6 Å². The van der Waals surface area contributed by atoms with Crippen molar-refractivity contribution in [2.24, 2.45) is 0 Å². The standard InChI is InChI=1S/C15H13ClFN5O/c16-15-21-9-12(17)13(22-15)19-6-1-7-20-14(23)11-4-2-10(8-18)3-5-11/h2-5,9H,1,6-7H2,(H,20,23)(H,19,21,22). The van der Waals surface area contributed by atoms with Gasteiger partial charge in [0, 0.05) is 18.7 Å². The Kier molecular flexibility index (Phi) is 5.83. The van der Waals surface area contributed by atoms with Crippen molar-refractivity contribution in [2.45, 2.75) is 6.42 Å². The number of aromatic nitrogens is 2. The predicted molar refractivity (Wildman–Crippen MR) is 83.6 cm³/mol. The van der Waals surface area contributed by atoms with Crippen LogP contribution in [0, 0.1) is 17.1 Å². The highest BCUT2D eigenvalue weighted by molar-refractivity contribution is 6.28. The van der Waals surface area contributed by atoms with Crippen LogP contribution in [0.15, 0.2) is 30.5 Å². The molecule has 0 aliphatic carbocycles. The lowest BCUT2D eigenvalue weighted by Crippen LogP contribution is -2.25. The lowest BCUT2D eigenvalue weighted by molar-refractivity contribution is 0.0953. The van der Waals surface area contributed by atoms with Gasteiger partial charge in [0.25, 0.3) is 5.91 Å². The van der Waals surface area contributed by atoms with Crippen molar-refractivity contribution in [1.82, 2.24) is 15.3 Å². The molecule has 1 aromatic heterocycles. The third-order valence-electron chi connectivity index (χ3n) is 2.92. The van der Waals surface area contributed by atoms with Crippen LogP contribution in [0.1, 0.15) is 22.3 Å². The summed E-state index contributed by atoms with van der Waals surface area (Å²) < 4.78 is 13.4. The first kappa shape index (κ1) is 16.6. The van der Waals surface area contributed by atoms with Crippen molar-refractivity contribution in [3.05, 3.63) is 52.7 Å². The summed E-state index contributed by atoms with van der Waals surface area (Å²) in [5, 5.41) is 14.2. The molecule has 23 heavy (non-hydrogen) atoms. The van der Waals surface area contributed by atoms with E-state index in [1.165, 1.54) is 0 Å². The number of nitriles is 1. The summed E-state index contributed by atoms with van der Waals surface area (Å²) in [5.74, 6) is -0.787. The maximum atomic E-state index is 13.4. The Bertz CT molecular complexity index is 730. The van der Waals surface area contributed by atoms with Crippen LogP contribution >= 0.6 is 11.6 Å². The molecule has 0 fully saturated rings. The molecule has 118 valence electrons. The number of rotatable bonds is 6. The van der Waals surface area contributed by atoms with Gasteiger partial charge >= 0.3 is 0 Å². The molecule has 0 atom stereocenters. The monoisotopic (exact) mass is 333 g/mol. The van der Waals surface area contributed by atoms with Gasteiger partial charge in [-0.25, -0.2) is 9.37 Å². The zero-order valence-corrected chi connectivity index (χ0v) is 12.8. The van der Waals surface area contributed by atoms with Gasteiger partial charge in [-0.05, 0) is 42.3 Å². The Hall–Kier alpha value is -2.72. The van der Waals surface area contributed by atoms with Gasteiger partial charge in [-0.15, -0.1) is 0 Å². The molecular weight excluding hydrogens is 321 g/mol. The fourth-order valence-corrected chi connectivity index (χ4v) is 1.90. The molecule has 0 saturated carbocycles. The molecule has 6 nitrogen and oxygen atoms in total. The maximum Gasteiger partial charge on any atom is 0.251 e. The van der Waals surface area contributed by atoms with Crippen LogP contribution < -0.4 is 10.6 Å². The van der Waals surface area contributed by atoms with E-state index in [-0.39, 0.29) is 17.0 Å². The number of anilines is 1. The van der Waals surface area contributed by atoms with Crippen LogP contribution in [-0.4, -0.2) is 29.0 Å². The number of carbonyl (C=O) groups excluding carboxylic acids is 1. The van der Waals surface area contributed by atoms with Crippen LogP contribution in [0.25, 0.3) is 0 Å². The Morgan fingerprint density at radius 2 is 2.04 bits per heavy atom. The first-order valence-corrected chi connectivity index (χ1v) is 7.18. The summed E-state index contributed by atoms with van der Waals surface area (Å²) >= 11 is 5.58. The SMILES string of the molecule is N#Cc1ccc(C(=O)NCCCNc2nc(Cl)ncc2F)cc1. The molecule has 0 spiro atoms. The molecule has 8 heteroatoms. The Morgan fingerprint density at radius 3 is 2.74 bits per heavy atom. The maximum absolute atomic E-state index is 13.4. The summed E-state index contributed by atoms with van der Waals surface area (Å²) in [5.41, 5.74) is 0.974. The second kappa shape index (κ2) is 8.06. The van der Waals surface area contributed by atoms with Gasteiger partial charge in [0.2, 0.25) is 5.28 Å². The molecule has 2 N–H and O–H groups in total. The van der Waals surface area contributed by atoms with E-state index < -0.39 is 5.82 Å². The number of hydrogen-bond donors (Lipinski definition) is 2. The predicted octanol–water partition coefficient (Wildman–Crippen LogP) is 2.37. The van der Waals surface area contributed by atoms with E-state index in [1.54, 1.807) is 24.3 Å². The third-order valence-corrected chi connectivity index (χ3v) is 3.10. The van der Waals surface area contributed by atoms with Gasteiger partial charge in [-0.2, -0.15) is 10.2 Å². The zero-order valence-electron chi connectivity index (χ0n) is 12.0. The lowest BCUT2D eigenvalue weighted by Gasteiger charge is -2.08. The molecule has 2 rings (SSSR count). The summed E-state index contributed by atoms with van der Waals surface area (Å²) in [4.78, 5) is 19.1. The topological polar surface area (TPSA) is 90.7 Å². The molecule has 1 heterocycles. The van der Waals surface area contributed by atoms with E-state index in [1.807, 2.05) is 6.07 Å². The summed E-state index contributed by atoms with van der Waals surface area (Å²) in [6.07, 6.45) is 1.56.